The summed E-state index contributed by atoms with van der Waals surface area (Å²) >= 11 is 1.51. The number of aromatic nitrogens is 3. The highest BCUT2D eigenvalue weighted by molar-refractivity contribution is 7.20. The minimum absolute atomic E-state index is 0.0614. The smallest absolute Gasteiger partial charge is 0.226 e. The molecule has 4 aromatic rings. The second-order valence-electron chi connectivity index (χ2n) is 8.38. The van der Waals surface area contributed by atoms with E-state index in [1.165, 1.54) is 11.3 Å². The van der Waals surface area contributed by atoms with Crippen LogP contribution in [0.25, 0.3) is 15.3 Å². The second kappa shape index (κ2) is 9.58. The van der Waals surface area contributed by atoms with Gasteiger partial charge in [0.15, 0.2) is 11.5 Å². The fourth-order valence-electron chi connectivity index (χ4n) is 4.44. The number of nitrogens with zero attached hydrogens (tertiary/aromatic N) is 3. The third-order valence-electron chi connectivity index (χ3n) is 6.00. The topological polar surface area (TPSA) is 87.5 Å². The Bertz CT molecular complexity index is 1390. The number of hydrogen-bond acceptors (Lipinski definition) is 7. The largest absolute Gasteiger partial charge is 0.494 e. The number of aryl methyl sites for hydroxylation is 1. The molecule has 5 rings (SSSR count). The predicted octanol–water partition coefficient (Wildman–Crippen LogP) is 5.46. The third-order valence-corrected chi connectivity index (χ3v) is 6.99. The van der Waals surface area contributed by atoms with E-state index in [-0.39, 0.29) is 11.8 Å². The fraction of sp³-hybridized carbons (Fsp3) is 0.346. The van der Waals surface area contributed by atoms with Crippen molar-refractivity contribution in [3.05, 3.63) is 53.2 Å². The first-order chi connectivity index (χ1) is 17.0. The zero-order chi connectivity index (χ0) is 24.5. The second-order valence-corrected chi connectivity index (χ2v) is 9.39. The normalized spacial score (nSPS) is 15.1. The van der Waals surface area contributed by atoms with Crippen molar-refractivity contribution >= 4 is 33.3 Å². The molecule has 0 spiro atoms. The minimum atomic E-state index is -0.152. The van der Waals surface area contributed by atoms with Gasteiger partial charge in [-0.3, -0.25) is 4.79 Å². The Labute approximate surface area is 207 Å². The molecule has 1 amide bonds. The summed E-state index contributed by atoms with van der Waals surface area (Å²) in [5, 5.41) is 8.52. The van der Waals surface area contributed by atoms with Gasteiger partial charge in [0, 0.05) is 17.9 Å². The molecule has 35 heavy (non-hydrogen) atoms. The van der Waals surface area contributed by atoms with Crippen molar-refractivity contribution in [3.8, 4) is 22.4 Å². The molecule has 182 valence electrons. The number of ether oxygens (including phenoxy) is 3. The summed E-state index contributed by atoms with van der Waals surface area (Å²) in [6, 6.07) is 11.7. The maximum absolute atomic E-state index is 12.8. The Morgan fingerprint density at radius 3 is 2.77 bits per heavy atom. The molecule has 1 aliphatic rings. The monoisotopic (exact) mass is 492 g/mol. The van der Waals surface area contributed by atoms with Crippen molar-refractivity contribution in [1.29, 1.82) is 0 Å². The molecule has 1 atom stereocenters. The average molecular weight is 493 g/mol. The lowest BCUT2D eigenvalue weighted by Gasteiger charge is -2.24. The zero-order valence-corrected chi connectivity index (χ0v) is 21.1. The molecule has 2 aromatic heterocycles. The Balaban J connectivity index is 1.56. The Kier molecular flexibility index (Phi) is 6.34. The standard InChI is InChI=1S/C26H28N4O4S/c1-5-11-34-20-10-7-16(12-21(20)32-4)18-14-23(31)28-25-24(18)15(3)29-30(25)26-27-19-9-8-17(33-6-2)13-22(19)35-26/h7-10,12-13,18H,5-6,11,14H2,1-4H3,(H,28,31)/t18-/m0/s1. The van der Waals surface area contributed by atoms with Crippen LogP contribution < -0.4 is 19.5 Å². The maximum Gasteiger partial charge on any atom is 0.226 e. The van der Waals surface area contributed by atoms with Crippen LogP contribution in [0.4, 0.5) is 5.82 Å². The lowest BCUT2D eigenvalue weighted by atomic mass is 9.85. The van der Waals surface area contributed by atoms with E-state index in [1.807, 2.05) is 50.2 Å². The number of carbonyl (C=O) groups excluding carboxylic acids is 1. The lowest BCUT2D eigenvalue weighted by molar-refractivity contribution is -0.116. The van der Waals surface area contributed by atoms with Crippen LogP contribution in [0.5, 0.6) is 17.2 Å². The van der Waals surface area contributed by atoms with Gasteiger partial charge >= 0.3 is 0 Å². The predicted molar refractivity (Wildman–Crippen MR) is 137 cm³/mol. The van der Waals surface area contributed by atoms with Crippen molar-refractivity contribution in [3.63, 3.8) is 0 Å². The minimum Gasteiger partial charge on any atom is -0.494 e. The first kappa shape index (κ1) is 23.2. The third kappa shape index (κ3) is 4.32. The number of thiazole rings is 1. The summed E-state index contributed by atoms with van der Waals surface area (Å²) in [5.74, 6) is 2.62. The number of hydrogen-bond donors (Lipinski definition) is 1. The fourth-order valence-corrected chi connectivity index (χ4v) is 5.39. The van der Waals surface area contributed by atoms with E-state index in [4.69, 9.17) is 24.3 Å². The van der Waals surface area contributed by atoms with E-state index >= 15 is 0 Å². The van der Waals surface area contributed by atoms with E-state index in [0.29, 0.717) is 42.1 Å². The lowest BCUT2D eigenvalue weighted by Crippen LogP contribution is -2.25. The van der Waals surface area contributed by atoms with Crippen LogP contribution in [0.2, 0.25) is 0 Å². The van der Waals surface area contributed by atoms with Crippen LogP contribution in [-0.4, -0.2) is 41.0 Å². The van der Waals surface area contributed by atoms with Gasteiger partial charge < -0.3 is 19.5 Å². The number of nitrogens with one attached hydrogen (secondary N) is 1. The highest BCUT2D eigenvalue weighted by Crippen LogP contribution is 2.43. The van der Waals surface area contributed by atoms with Crippen LogP contribution in [-0.2, 0) is 4.79 Å². The zero-order valence-electron chi connectivity index (χ0n) is 20.3. The number of fused-ring (bicyclic) bond motifs is 2. The van der Waals surface area contributed by atoms with E-state index in [1.54, 1.807) is 11.8 Å². The quantitative estimate of drug-likeness (QED) is 0.351. The Morgan fingerprint density at radius 2 is 2.00 bits per heavy atom. The average Bonchev–Trinajstić information content (AvgIpc) is 3.42. The number of anilines is 1. The molecule has 8 nitrogen and oxygen atoms in total. The number of carbonyl (C=O) groups is 1. The summed E-state index contributed by atoms with van der Waals surface area (Å²) in [6.45, 7) is 7.21. The van der Waals surface area contributed by atoms with Gasteiger partial charge in [-0.2, -0.15) is 9.78 Å². The van der Waals surface area contributed by atoms with Crippen LogP contribution in [0.1, 0.15) is 49.4 Å². The first-order valence-corrected chi connectivity index (χ1v) is 12.6. The van der Waals surface area contributed by atoms with Gasteiger partial charge in [-0.05, 0) is 56.2 Å². The molecule has 1 N–H and O–H groups in total. The molecule has 0 radical (unpaired) electrons. The molecule has 0 saturated heterocycles. The molecule has 0 saturated carbocycles. The van der Waals surface area contributed by atoms with Crippen molar-refractivity contribution in [2.75, 3.05) is 25.6 Å². The van der Waals surface area contributed by atoms with E-state index in [2.05, 4.69) is 12.2 Å². The molecular formula is C26H28N4O4S. The van der Waals surface area contributed by atoms with E-state index in [9.17, 15) is 4.79 Å². The number of benzene rings is 2. The summed E-state index contributed by atoms with van der Waals surface area (Å²) in [5.41, 5.74) is 3.68. The van der Waals surface area contributed by atoms with Gasteiger partial charge in [0.2, 0.25) is 11.0 Å². The molecular weight excluding hydrogens is 464 g/mol. The molecule has 0 bridgehead atoms. The van der Waals surface area contributed by atoms with Crippen molar-refractivity contribution < 1.29 is 19.0 Å². The number of amides is 1. The summed E-state index contributed by atoms with van der Waals surface area (Å²) in [4.78, 5) is 17.6. The first-order valence-electron chi connectivity index (χ1n) is 11.8. The van der Waals surface area contributed by atoms with Gasteiger partial charge in [-0.15, -0.1) is 0 Å². The Hall–Kier alpha value is -3.59. The van der Waals surface area contributed by atoms with Gasteiger partial charge in [-0.25, -0.2) is 4.98 Å². The van der Waals surface area contributed by atoms with Gasteiger partial charge in [0.1, 0.15) is 11.6 Å². The number of methoxy groups -OCH3 is 1. The highest BCUT2D eigenvalue weighted by Gasteiger charge is 2.33. The van der Waals surface area contributed by atoms with E-state index in [0.717, 1.165) is 39.2 Å². The van der Waals surface area contributed by atoms with Crippen molar-refractivity contribution in [2.45, 2.75) is 39.5 Å². The molecule has 9 heteroatoms. The summed E-state index contributed by atoms with van der Waals surface area (Å²) in [6.07, 6.45) is 1.24. The van der Waals surface area contributed by atoms with E-state index < -0.39 is 0 Å². The molecule has 0 fully saturated rings. The molecule has 3 heterocycles. The van der Waals surface area contributed by atoms with Crippen molar-refractivity contribution in [1.82, 2.24) is 14.8 Å². The highest BCUT2D eigenvalue weighted by atomic mass is 32.1. The van der Waals surface area contributed by atoms with Gasteiger partial charge in [0.25, 0.3) is 0 Å². The van der Waals surface area contributed by atoms with Crippen LogP contribution in [0, 0.1) is 6.92 Å². The molecule has 0 unspecified atom stereocenters. The summed E-state index contributed by atoms with van der Waals surface area (Å²) < 4.78 is 19.8. The molecule has 1 aliphatic heterocycles. The van der Waals surface area contributed by atoms with Crippen molar-refractivity contribution in [2.24, 2.45) is 0 Å². The van der Waals surface area contributed by atoms with Crippen LogP contribution in [0.3, 0.4) is 0 Å². The van der Waals surface area contributed by atoms with Gasteiger partial charge in [-0.1, -0.05) is 24.3 Å². The SMILES string of the molecule is CCCOc1ccc([C@@H]2CC(=O)Nc3c2c(C)nn3-c2nc3ccc(OCC)cc3s2)cc1OC. The maximum atomic E-state index is 12.8. The Morgan fingerprint density at radius 1 is 1.14 bits per heavy atom. The molecule has 0 aliphatic carbocycles. The number of rotatable bonds is 8. The van der Waals surface area contributed by atoms with Crippen LogP contribution >= 0.6 is 11.3 Å². The van der Waals surface area contributed by atoms with Crippen LogP contribution in [0.15, 0.2) is 36.4 Å². The summed E-state index contributed by atoms with van der Waals surface area (Å²) in [7, 11) is 1.63. The van der Waals surface area contributed by atoms with Gasteiger partial charge in [0.05, 0.1) is 36.2 Å². The molecule has 2 aromatic carbocycles.